The second-order valence-corrected chi connectivity index (χ2v) is 73.1. The van der Waals surface area contributed by atoms with E-state index in [2.05, 4.69) is 50.5 Å². The molecular weight excluding hydrogens is 1820 g/mol. The molecule has 0 radical (unpaired) electrons. The minimum atomic E-state index is -2.48. The van der Waals surface area contributed by atoms with Crippen molar-refractivity contribution in [2.75, 3.05) is 14.1 Å². The predicted molar refractivity (Wildman–Crippen MR) is 560 cm³/mol. The van der Waals surface area contributed by atoms with Crippen LogP contribution in [0, 0.1) is 47.3 Å². The maximum Gasteiger partial charge on any atom is 0.375 e. The summed E-state index contributed by atoms with van der Waals surface area (Å²) in [7, 11) is -8.13. The molecule has 8 aromatic carbocycles. The number of nitrogens with zero attached hydrogens (tertiary/aromatic N) is 3. The first-order valence-corrected chi connectivity index (χ1v) is 64.6. The summed E-state index contributed by atoms with van der Waals surface area (Å²) in [6, 6.07) is 65.5. The van der Waals surface area contributed by atoms with E-state index in [-0.39, 0.29) is 55.0 Å². The van der Waals surface area contributed by atoms with Crippen molar-refractivity contribution in [3.63, 3.8) is 0 Å². The number of esters is 2. The molecule has 0 atom stereocenters. The van der Waals surface area contributed by atoms with Crippen molar-refractivity contribution in [1.29, 1.82) is 0 Å². The van der Waals surface area contributed by atoms with Crippen molar-refractivity contribution in [2.24, 2.45) is 27.1 Å². The zero-order valence-corrected chi connectivity index (χ0v) is 93.2. The Morgan fingerprint density at radius 1 is 0.293 bits per heavy atom. The first-order chi connectivity index (χ1) is 60.0. The molecule has 0 aliphatic rings. The van der Waals surface area contributed by atoms with Crippen molar-refractivity contribution >= 4 is 161 Å². The molecule has 0 heterocycles. The molecule has 0 aliphatic heterocycles. The summed E-state index contributed by atoms with van der Waals surface area (Å²) < 4.78 is 10.0. The molecule has 8 rings (SSSR count). The van der Waals surface area contributed by atoms with Crippen LogP contribution >= 0.6 is 23.2 Å². The maximum atomic E-state index is 13.3. The van der Waals surface area contributed by atoms with Gasteiger partial charge in [-0.2, -0.15) is 0 Å². The molecule has 0 bridgehead atoms. The normalized spacial score (nSPS) is 11.8. The van der Waals surface area contributed by atoms with Gasteiger partial charge in [-0.15, -0.1) is 0 Å². The van der Waals surface area contributed by atoms with Crippen LogP contribution in [0.25, 0.3) is 0 Å². The van der Waals surface area contributed by atoms with Crippen LogP contribution in [-0.4, -0.2) is 156 Å². The Morgan fingerprint density at radius 3 is 0.842 bits per heavy atom. The molecule has 0 aliphatic carbocycles. The van der Waals surface area contributed by atoms with Crippen molar-refractivity contribution in [3.05, 3.63) is 282 Å². The monoisotopic (exact) mass is 1960 g/mol. The summed E-state index contributed by atoms with van der Waals surface area (Å²) in [5, 5.41) is 25.8. The summed E-state index contributed by atoms with van der Waals surface area (Å²) >= 11 is 11.5. The Hall–Kier alpha value is -10.1. The van der Waals surface area contributed by atoms with Crippen LogP contribution in [-0.2, 0) is 38.2 Å². The van der Waals surface area contributed by atoms with Gasteiger partial charge in [0.1, 0.15) is 78.6 Å². The highest BCUT2D eigenvalue weighted by Gasteiger charge is 2.46. The van der Waals surface area contributed by atoms with Gasteiger partial charge >= 0.3 is 11.9 Å². The van der Waals surface area contributed by atoms with Crippen molar-refractivity contribution in [3.8, 4) is 0 Å². The number of amides is 1. The summed E-state index contributed by atoms with van der Waals surface area (Å²) in [4.78, 5) is 163. The lowest BCUT2D eigenvalue weighted by molar-refractivity contribution is -0.385. The van der Waals surface area contributed by atoms with E-state index in [1.165, 1.54) is 41.3 Å². The minimum absolute atomic E-state index is 0.0159. The largest absolute Gasteiger partial charge is 0.454 e. The van der Waals surface area contributed by atoms with Gasteiger partial charge in [0.25, 0.3) is 17.3 Å². The SMILES string of the molecule is CC(C)(C)OC(=O)C(=O)C(C)(C)C.CC(C)(C)OC(=O)C(=O)C(C)(C)C(C)(C)C.CN(C)C(=O)C(=O)C(C)(C)C(C)(C)C.C[Si](C(=O)c1ccccc1)(c1ccccc1)c1ccccc1.C[Si](C)(C)C(=O)c1ccc(Cl)cc1.C[Si](C)(C)C(=O)c1ccc([N+](=O)[O-])cc1.C[Si](C)(C)C(=O)c1cccc(Cl)c1.C[Si](C)(C)C(=O)c1cccc([N+](=O)[O-])c1.C[Si](C)(C)C(=O)c1ccccc1. The molecule has 1 amide bonds. The lowest BCUT2D eigenvalue weighted by Gasteiger charge is -2.37. The first kappa shape index (κ1) is 123. The molecule has 0 saturated heterocycles. The number of halogens is 2. The highest BCUT2D eigenvalue weighted by molar-refractivity contribution is 7.23. The number of hydrogen-bond donors (Lipinski definition) is 0. The van der Waals surface area contributed by atoms with E-state index in [0.29, 0.717) is 26.6 Å². The van der Waals surface area contributed by atoms with E-state index in [1.807, 2.05) is 243 Å². The zero-order chi connectivity index (χ0) is 104. The fourth-order valence-corrected chi connectivity index (χ4v) is 19.5. The number of nitro benzene ring substituents is 2. The van der Waals surface area contributed by atoms with Crippen LogP contribution < -0.4 is 10.4 Å². The fraction of sp³-hybridized carbons (Fsp3) is 0.423. The van der Waals surface area contributed by atoms with Gasteiger partial charge < -0.3 is 38.3 Å². The lowest BCUT2D eigenvalue weighted by atomic mass is 9.66. The third-order valence-electron chi connectivity index (χ3n) is 20.8. The number of non-ortho nitro benzene ring substituents is 2. The fourth-order valence-electron chi connectivity index (χ4n) is 10.7. The average Bonchev–Trinajstić information content (AvgIpc) is 0.764. The van der Waals surface area contributed by atoms with Crippen LogP contribution in [0.1, 0.15) is 194 Å². The number of ether oxygens (including phenoxy) is 2. The Kier molecular flexibility index (Phi) is 47.1. The van der Waals surface area contributed by atoms with Crippen LogP contribution in [0.4, 0.5) is 11.4 Å². The second-order valence-electron chi connectivity index (χ2n) is 43.6. The third kappa shape index (κ3) is 42.1. The highest BCUT2D eigenvalue weighted by Crippen LogP contribution is 2.40. The minimum Gasteiger partial charge on any atom is -0.454 e. The standard InChI is InChI=1S/C20H18OSi.C13H24O3.C11H21NO2.2C10H13ClOSi.2C10H13NO3Si.C10H18O3.C10H14OSi/c1-22(18-13-7-3-8-14-18,19-15-9-4-10-16-19)20(21)17-11-5-2-6-12-17;1-11(2,3)13(7,8)9(14)10(15)16-12(4,5)6;1-10(2,3)11(4,5)8(13)9(14)12(6)7;1-13(2,3)10(12)8-4-6-9(11)7-5-8;1-13(2,3)10(12)8-5-4-6-9(11)7-8;1-15(2,3)10(12)8-4-6-9(7-5-8)11(13)14;1-15(2,3)10(12)8-5-4-6-9(7-8)11(13)14;1-9(2,3)7(11)8(12)13-10(4,5)6;1-12(2,3)10(11)9-7-5-4-6-8-9/h2-16H,1H3;1-8H3;1-7H3;2*4-7H,1-3H3;2*4-7H,1-3H3;1-6H3;4-8H,1-3H3. The number of benzene rings is 8. The van der Waals surface area contributed by atoms with Crippen LogP contribution in [0.3, 0.4) is 0 Å². The molecule has 0 unspecified atom stereocenters. The molecule has 8 aromatic rings. The Labute approximate surface area is 807 Å². The molecule has 21 nitrogen and oxygen atoms in total. The van der Waals surface area contributed by atoms with Crippen LogP contribution in [0.15, 0.2) is 218 Å². The van der Waals surface area contributed by atoms with Gasteiger partial charge in [0.2, 0.25) is 17.3 Å². The van der Waals surface area contributed by atoms with Gasteiger partial charge in [-0.1, -0.05) is 376 Å². The number of ketones is 3. The van der Waals surface area contributed by atoms with E-state index >= 15 is 0 Å². The number of hydrogen-bond acceptors (Lipinski definition) is 18. The molecule has 0 spiro atoms. The van der Waals surface area contributed by atoms with Gasteiger partial charge in [-0.3, -0.25) is 44.2 Å². The van der Waals surface area contributed by atoms with Gasteiger partial charge in [-0.05, 0) is 99.1 Å². The van der Waals surface area contributed by atoms with Crippen molar-refractivity contribution < 1.29 is 76.9 Å². The molecular formula is C104H147Cl2N3O18Si6. The molecule has 724 valence electrons. The number of likely N-dealkylation sites (N-methyl/N-ethyl adjacent to an activating group) is 1. The van der Waals surface area contributed by atoms with Gasteiger partial charge in [0.05, 0.1) is 9.85 Å². The van der Waals surface area contributed by atoms with Gasteiger partial charge in [0, 0.05) is 98.0 Å². The lowest BCUT2D eigenvalue weighted by Crippen LogP contribution is -2.62. The van der Waals surface area contributed by atoms with Crippen LogP contribution in [0.5, 0.6) is 0 Å². The van der Waals surface area contributed by atoms with E-state index in [1.54, 1.807) is 139 Å². The van der Waals surface area contributed by atoms with Gasteiger partial charge in [-0.25, -0.2) is 9.59 Å². The summed E-state index contributed by atoms with van der Waals surface area (Å²) in [6.45, 7) is 66.7. The van der Waals surface area contributed by atoms with E-state index < -0.39 is 115 Å². The van der Waals surface area contributed by atoms with Gasteiger partial charge in [0.15, 0.2) is 13.5 Å². The molecule has 29 heteroatoms. The third-order valence-corrected chi connectivity index (χ3v) is 33.7. The smallest absolute Gasteiger partial charge is 0.375 e. The zero-order valence-electron chi connectivity index (χ0n) is 85.7. The molecule has 0 N–H and O–H groups in total. The van der Waals surface area contributed by atoms with Crippen LogP contribution in [0.2, 0.25) is 115 Å². The average molecular weight is 1970 g/mol. The van der Waals surface area contributed by atoms with Crippen molar-refractivity contribution in [1.82, 2.24) is 4.90 Å². The van der Waals surface area contributed by atoms with E-state index in [0.717, 1.165) is 32.6 Å². The topological polar surface area (TPSA) is 313 Å². The summed E-state index contributed by atoms with van der Waals surface area (Å²) in [5.74, 6) is -3.19. The number of carbonyl (C=O) groups excluding carboxylic acids is 12. The second kappa shape index (κ2) is 51.0. The van der Waals surface area contributed by atoms with Crippen molar-refractivity contribution in [2.45, 2.75) is 248 Å². The van der Waals surface area contributed by atoms with E-state index in [9.17, 15) is 77.8 Å². The molecule has 0 aromatic heterocycles. The number of rotatable bonds is 21. The highest BCUT2D eigenvalue weighted by atomic mass is 35.5. The number of Topliss-reactive ketones (excluding diaryl/α,β-unsaturated/α-hetero) is 3. The molecule has 0 fully saturated rings. The maximum absolute atomic E-state index is 13.3. The molecule has 133 heavy (non-hydrogen) atoms. The Bertz CT molecular complexity index is 5230. The predicted octanol–water partition coefficient (Wildman–Crippen LogP) is 24.8. The molecule has 0 saturated carbocycles. The quantitative estimate of drug-likeness (QED) is 0.0212. The number of nitro groups is 2. The van der Waals surface area contributed by atoms with E-state index in [4.69, 9.17) is 32.7 Å². The first-order valence-electron chi connectivity index (χ1n) is 43.9. The number of carbonyl (C=O) groups is 12. The Balaban J connectivity index is 0.00000148. The summed E-state index contributed by atoms with van der Waals surface area (Å²) in [5.41, 5.74) is 0.446. The summed E-state index contributed by atoms with van der Waals surface area (Å²) in [6.07, 6.45) is 0. The Morgan fingerprint density at radius 2 is 0.556 bits per heavy atom.